The first-order valence-electron chi connectivity index (χ1n) is 10.7. The van der Waals surface area contributed by atoms with Crippen LogP contribution in [0.15, 0.2) is 0 Å². The Morgan fingerprint density at radius 2 is 1.15 bits per heavy atom. The van der Waals surface area contributed by atoms with Crippen molar-refractivity contribution < 1.29 is 6.53 Å². The van der Waals surface area contributed by atoms with Crippen LogP contribution in [0, 0.1) is 17.3 Å². The van der Waals surface area contributed by atoms with Gasteiger partial charge in [-0.1, -0.05) is 116 Å². The van der Waals surface area contributed by atoms with Crippen molar-refractivity contribution in [2.75, 3.05) is 7.05 Å². The van der Waals surface area contributed by atoms with E-state index in [0.717, 1.165) is 12.3 Å². The third kappa shape index (κ3) is 105. The normalized spacial score (nSPS) is 12.1. The van der Waals surface area contributed by atoms with E-state index in [1.54, 1.807) is 0 Å². The Morgan fingerprint density at radius 3 is 1.30 bits per heavy atom. The SMILES string of the molecule is C.CC.CC(C)(C)C.CCC(C)CC(C)O.CCCCC(C)CC.CN.N.[HH]. The van der Waals surface area contributed by atoms with Crippen LogP contribution >= 0.6 is 0 Å². The van der Waals surface area contributed by atoms with E-state index >= 15 is 0 Å². The molecule has 178 valence electrons. The molecule has 0 amide bonds. The summed E-state index contributed by atoms with van der Waals surface area (Å²) in [4.78, 5) is 0. The summed E-state index contributed by atoms with van der Waals surface area (Å²) < 4.78 is 0. The molecule has 0 aliphatic carbocycles. The summed E-state index contributed by atoms with van der Waals surface area (Å²) in [5, 5.41) is 8.85. The topological polar surface area (TPSA) is 81.2 Å². The first-order chi connectivity index (χ1) is 11.5. The minimum atomic E-state index is -0.120. The van der Waals surface area contributed by atoms with E-state index in [1.807, 2.05) is 20.8 Å². The first-order valence-corrected chi connectivity index (χ1v) is 10.7. The summed E-state index contributed by atoms with van der Waals surface area (Å²) in [7, 11) is 1.50. The Hall–Kier alpha value is -0.120. The minimum Gasteiger partial charge on any atom is -0.393 e. The second kappa shape index (κ2) is 36.7. The van der Waals surface area contributed by atoms with Crippen LogP contribution in [0.4, 0.5) is 0 Å². The van der Waals surface area contributed by atoms with Crippen molar-refractivity contribution >= 4 is 0 Å². The van der Waals surface area contributed by atoms with Gasteiger partial charge in [0.15, 0.2) is 0 Å². The maximum atomic E-state index is 8.85. The van der Waals surface area contributed by atoms with Gasteiger partial charge >= 0.3 is 0 Å². The minimum absolute atomic E-state index is 0. The summed E-state index contributed by atoms with van der Waals surface area (Å²) in [5.41, 5.74) is 5.00. The lowest BCUT2D eigenvalue weighted by Gasteiger charge is -2.08. The highest BCUT2D eigenvalue weighted by Gasteiger charge is 2.01. The Balaban J connectivity index is -0.0000000317. The van der Waals surface area contributed by atoms with Gasteiger partial charge in [0, 0.05) is 1.43 Å². The number of aliphatic hydroxyl groups is 1. The smallest absolute Gasteiger partial charge is 0.0514 e. The van der Waals surface area contributed by atoms with Gasteiger partial charge in [0.2, 0.25) is 0 Å². The summed E-state index contributed by atoms with van der Waals surface area (Å²) in [6.07, 6.45) is 7.53. The largest absolute Gasteiger partial charge is 0.393 e. The number of nitrogens with two attached hydrogens (primary N) is 1. The van der Waals surface area contributed by atoms with E-state index in [0.29, 0.717) is 11.3 Å². The number of hydrogen-bond donors (Lipinski definition) is 3. The van der Waals surface area contributed by atoms with Gasteiger partial charge in [-0.25, -0.2) is 0 Å². The average molecular weight is 399 g/mol. The predicted octanol–water partition coefficient (Wildman–Crippen LogP) is 8.72. The highest BCUT2D eigenvalue weighted by molar-refractivity contribution is 4.53. The van der Waals surface area contributed by atoms with Crippen LogP contribution in [-0.4, -0.2) is 18.3 Å². The number of aliphatic hydroxyl groups excluding tert-OH is 1. The molecule has 27 heavy (non-hydrogen) atoms. The van der Waals surface area contributed by atoms with E-state index in [9.17, 15) is 0 Å². The standard InChI is InChI=1S/C8H18.C7H16O.C5H12.C2H6.CH5N.CH4.H3N.H2/c1-4-6-7-8(3)5-2;1-4-6(2)5-7(3)8;1-5(2,3)4;2*1-2;;;/h8H,4-7H2,1-3H3;6-8H,4-5H2,1-3H3;1-4H3;1-2H3;2H2,1H3;1H4;1H3;1H. The summed E-state index contributed by atoms with van der Waals surface area (Å²) in [6, 6.07) is 0. The van der Waals surface area contributed by atoms with Gasteiger partial charge in [0.1, 0.15) is 0 Å². The average Bonchev–Trinajstić information content (AvgIpc) is 2.54. The van der Waals surface area contributed by atoms with Gasteiger partial charge in [-0.15, -0.1) is 0 Å². The van der Waals surface area contributed by atoms with Gasteiger partial charge in [-0.2, -0.15) is 0 Å². The third-order valence-corrected chi connectivity index (χ3v) is 3.19. The zero-order valence-corrected chi connectivity index (χ0v) is 21.2. The molecule has 0 bridgehead atoms. The number of rotatable bonds is 7. The van der Waals surface area contributed by atoms with Crippen LogP contribution in [0.2, 0.25) is 0 Å². The van der Waals surface area contributed by atoms with E-state index in [4.69, 9.17) is 5.11 Å². The molecule has 6 N–H and O–H groups in total. The molecular weight excluding hydrogens is 332 g/mol. The highest BCUT2D eigenvalue weighted by atomic mass is 16.3. The van der Waals surface area contributed by atoms with Crippen molar-refractivity contribution in [2.45, 2.75) is 135 Å². The highest BCUT2D eigenvalue weighted by Crippen LogP contribution is 2.10. The molecule has 0 saturated carbocycles. The quantitative estimate of drug-likeness (QED) is 0.401. The lowest BCUT2D eigenvalue weighted by Crippen LogP contribution is -2.05. The van der Waals surface area contributed by atoms with Crippen LogP contribution in [0.5, 0.6) is 0 Å². The molecule has 3 atom stereocenters. The molecule has 0 spiro atoms. The first kappa shape index (κ1) is 45.6. The molecule has 0 heterocycles. The summed E-state index contributed by atoms with van der Waals surface area (Å²) >= 11 is 0. The molecule has 0 aliphatic rings. The Kier molecular flexibility index (Phi) is 62.0. The fourth-order valence-electron chi connectivity index (χ4n) is 1.51. The molecule has 0 rings (SSSR count). The third-order valence-electron chi connectivity index (χ3n) is 3.19. The van der Waals surface area contributed by atoms with Crippen molar-refractivity contribution in [2.24, 2.45) is 23.0 Å². The van der Waals surface area contributed by atoms with E-state index < -0.39 is 0 Å². The number of hydrogen-bond acceptors (Lipinski definition) is 3. The molecule has 3 heteroatoms. The molecule has 0 fully saturated rings. The second-order valence-corrected chi connectivity index (χ2v) is 8.25. The van der Waals surface area contributed by atoms with Crippen molar-refractivity contribution in [1.82, 2.24) is 6.15 Å². The van der Waals surface area contributed by atoms with Gasteiger partial charge in [-0.05, 0) is 37.6 Å². The lowest BCUT2D eigenvalue weighted by atomic mass is 10.0. The van der Waals surface area contributed by atoms with E-state index in [-0.39, 0.29) is 21.1 Å². The maximum Gasteiger partial charge on any atom is 0.0514 e. The zero-order chi connectivity index (χ0) is 21.5. The van der Waals surface area contributed by atoms with Crippen molar-refractivity contribution in [1.29, 1.82) is 0 Å². The summed E-state index contributed by atoms with van der Waals surface area (Å²) in [6.45, 7) is 25.7. The molecule has 3 nitrogen and oxygen atoms in total. The van der Waals surface area contributed by atoms with Crippen molar-refractivity contribution in [3.05, 3.63) is 0 Å². The number of unbranched alkanes of at least 4 members (excludes halogenated alkanes) is 1. The molecule has 0 aromatic heterocycles. The predicted molar refractivity (Wildman–Crippen MR) is 135 cm³/mol. The molecule has 0 aliphatic heterocycles. The molecule has 0 saturated heterocycles. The molecule has 0 aromatic carbocycles. The molecular formula is C24H66N2O. The van der Waals surface area contributed by atoms with Crippen LogP contribution in [0.3, 0.4) is 0 Å². The Labute approximate surface area is 178 Å². The lowest BCUT2D eigenvalue weighted by molar-refractivity contribution is 0.163. The van der Waals surface area contributed by atoms with Crippen LogP contribution in [-0.2, 0) is 0 Å². The fraction of sp³-hybridized carbons (Fsp3) is 1.00. The van der Waals surface area contributed by atoms with E-state index in [2.05, 4.69) is 68.0 Å². The summed E-state index contributed by atoms with van der Waals surface area (Å²) in [5.74, 6) is 1.63. The Bertz CT molecular complexity index is 190. The van der Waals surface area contributed by atoms with Crippen molar-refractivity contribution in [3.8, 4) is 0 Å². The van der Waals surface area contributed by atoms with Crippen LogP contribution < -0.4 is 11.9 Å². The molecule has 0 radical (unpaired) electrons. The van der Waals surface area contributed by atoms with Gasteiger partial charge in [0.05, 0.1) is 6.10 Å². The van der Waals surface area contributed by atoms with Gasteiger partial charge < -0.3 is 17.0 Å². The van der Waals surface area contributed by atoms with Crippen molar-refractivity contribution in [3.63, 3.8) is 0 Å². The molecule has 0 aromatic rings. The zero-order valence-electron chi connectivity index (χ0n) is 21.2. The van der Waals surface area contributed by atoms with Crippen LogP contribution in [0.25, 0.3) is 0 Å². The maximum absolute atomic E-state index is 8.85. The fourth-order valence-corrected chi connectivity index (χ4v) is 1.51. The monoisotopic (exact) mass is 399 g/mol. The second-order valence-electron chi connectivity index (χ2n) is 8.25. The molecule has 3 unspecified atom stereocenters. The Morgan fingerprint density at radius 1 is 0.852 bits per heavy atom. The van der Waals surface area contributed by atoms with Gasteiger partial charge in [0.25, 0.3) is 0 Å². The van der Waals surface area contributed by atoms with E-state index in [1.165, 1.54) is 39.2 Å². The van der Waals surface area contributed by atoms with Crippen LogP contribution in [0.1, 0.15) is 130 Å². The van der Waals surface area contributed by atoms with Gasteiger partial charge in [-0.3, -0.25) is 0 Å².